The van der Waals surface area contributed by atoms with Crippen LogP contribution in [0.4, 0.5) is 5.69 Å². The number of hydrogen-bond acceptors (Lipinski definition) is 4. The highest BCUT2D eigenvalue weighted by Crippen LogP contribution is 2.25. The summed E-state index contributed by atoms with van der Waals surface area (Å²) in [4.78, 5) is 13.4. The van der Waals surface area contributed by atoms with Crippen LogP contribution in [0.25, 0.3) is 0 Å². The molecule has 3 N–H and O–H groups in total. The van der Waals surface area contributed by atoms with Crippen LogP contribution < -0.4 is 10.6 Å². The van der Waals surface area contributed by atoms with Crippen LogP contribution in [0.5, 0.6) is 0 Å². The van der Waals surface area contributed by atoms with Gasteiger partial charge in [-0.2, -0.15) is 0 Å². The second-order valence-corrected chi connectivity index (χ2v) is 5.12. The van der Waals surface area contributed by atoms with Gasteiger partial charge >= 0.3 is 0 Å². The van der Waals surface area contributed by atoms with Gasteiger partial charge in [-0.15, -0.1) is 0 Å². The van der Waals surface area contributed by atoms with Crippen LogP contribution in [-0.2, 0) is 4.79 Å². The fourth-order valence-corrected chi connectivity index (χ4v) is 2.67. The van der Waals surface area contributed by atoms with Crippen molar-refractivity contribution >= 4 is 11.6 Å². The molecule has 1 amide bonds. The lowest BCUT2D eigenvalue weighted by Gasteiger charge is -2.35. The number of benzene rings is 1. The van der Waals surface area contributed by atoms with Gasteiger partial charge in [-0.1, -0.05) is 12.1 Å². The van der Waals surface area contributed by atoms with Crippen molar-refractivity contribution in [2.75, 3.05) is 38.1 Å². The first kappa shape index (κ1) is 15.0. The molecule has 110 valence electrons. The predicted molar refractivity (Wildman–Crippen MR) is 79.6 cm³/mol. The number of amides is 1. The zero-order valence-electron chi connectivity index (χ0n) is 11.9. The highest BCUT2D eigenvalue weighted by Gasteiger charge is 2.21. The Kier molecular flexibility index (Phi) is 5.52. The van der Waals surface area contributed by atoms with Gasteiger partial charge in [0.15, 0.2) is 0 Å². The third-order valence-electron chi connectivity index (χ3n) is 3.61. The Hall–Kier alpha value is -1.43. The molecule has 1 saturated heterocycles. The van der Waals surface area contributed by atoms with E-state index in [0.29, 0.717) is 0 Å². The van der Waals surface area contributed by atoms with Crippen LogP contribution in [0.2, 0.25) is 0 Å². The van der Waals surface area contributed by atoms with Gasteiger partial charge in [0.25, 0.3) is 0 Å². The van der Waals surface area contributed by atoms with Crippen molar-refractivity contribution in [3.63, 3.8) is 0 Å². The predicted octanol–water partition coefficient (Wildman–Crippen LogP) is 0.974. The van der Waals surface area contributed by atoms with Crippen molar-refractivity contribution in [3.05, 3.63) is 29.8 Å². The third kappa shape index (κ3) is 4.03. The van der Waals surface area contributed by atoms with Gasteiger partial charge in [0.1, 0.15) is 0 Å². The van der Waals surface area contributed by atoms with Crippen molar-refractivity contribution in [1.29, 1.82) is 0 Å². The van der Waals surface area contributed by atoms with Crippen LogP contribution >= 0.6 is 0 Å². The van der Waals surface area contributed by atoms with E-state index in [4.69, 9.17) is 0 Å². The molecule has 1 fully saturated rings. The molecule has 0 bridgehead atoms. The number of carbonyl (C=O) groups excluding carboxylic acids is 1. The molecule has 1 aromatic carbocycles. The molecule has 1 atom stereocenters. The number of carbonyl (C=O) groups is 1. The minimum Gasteiger partial charge on any atom is -0.396 e. The monoisotopic (exact) mass is 277 g/mol. The maximum absolute atomic E-state index is 11.0. The van der Waals surface area contributed by atoms with Gasteiger partial charge in [0.05, 0.1) is 0 Å². The highest BCUT2D eigenvalue weighted by molar-refractivity contribution is 5.88. The van der Waals surface area contributed by atoms with E-state index in [9.17, 15) is 9.90 Å². The summed E-state index contributed by atoms with van der Waals surface area (Å²) in [6.45, 7) is 5.67. The molecular formula is C15H23N3O2. The molecule has 0 unspecified atom stereocenters. The summed E-state index contributed by atoms with van der Waals surface area (Å²) in [5.41, 5.74) is 2.00. The Morgan fingerprint density at radius 1 is 1.35 bits per heavy atom. The number of piperazine rings is 1. The Bertz CT molecular complexity index is 427. The van der Waals surface area contributed by atoms with E-state index in [1.54, 1.807) is 0 Å². The SMILES string of the molecule is CC(=O)Nc1ccc([C@@H](CCO)N2CCNCC2)cc1. The lowest BCUT2D eigenvalue weighted by atomic mass is 10.0. The van der Waals surface area contributed by atoms with Crippen molar-refractivity contribution in [2.45, 2.75) is 19.4 Å². The van der Waals surface area contributed by atoms with Crippen LogP contribution in [0, 0.1) is 0 Å². The molecule has 5 nitrogen and oxygen atoms in total. The molecule has 0 aliphatic carbocycles. The summed E-state index contributed by atoms with van der Waals surface area (Å²) in [5, 5.41) is 15.4. The topological polar surface area (TPSA) is 64.6 Å². The lowest BCUT2D eigenvalue weighted by molar-refractivity contribution is -0.114. The van der Waals surface area contributed by atoms with E-state index < -0.39 is 0 Å². The lowest BCUT2D eigenvalue weighted by Crippen LogP contribution is -2.45. The first-order chi connectivity index (χ1) is 9.70. The Morgan fingerprint density at radius 2 is 2.00 bits per heavy atom. The first-order valence-corrected chi connectivity index (χ1v) is 7.14. The van der Waals surface area contributed by atoms with Crippen LogP contribution in [0.1, 0.15) is 24.9 Å². The number of rotatable bonds is 5. The van der Waals surface area contributed by atoms with Gasteiger partial charge in [0, 0.05) is 51.4 Å². The first-order valence-electron chi connectivity index (χ1n) is 7.14. The van der Waals surface area contributed by atoms with E-state index in [-0.39, 0.29) is 18.6 Å². The molecule has 0 aromatic heterocycles. The summed E-state index contributed by atoms with van der Waals surface area (Å²) < 4.78 is 0. The smallest absolute Gasteiger partial charge is 0.221 e. The van der Waals surface area contributed by atoms with Gasteiger partial charge in [-0.25, -0.2) is 0 Å². The van der Waals surface area contributed by atoms with E-state index in [1.807, 2.05) is 24.3 Å². The Labute approximate surface area is 120 Å². The molecule has 5 heteroatoms. The molecule has 2 rings (SSSR count). The fraction of sp³-hybridized carbons (Fsp3) is 0.533. The minimum absolute atomic E-state index is 0.0632. The van der Waals surface area contributed by atoms with Gasteiger partial charge in [-0.3, -0.25) is 9.69 Å². The van der Waals surface area contributed by atoms with Gasteiger partial charge < -0.3 is 15.7 Å². The Balaban J connectivity index is 2.09. The standard InChI is InChI=1S/C15H23N3O2/c1-12(20)17-14-4-2-13(3-5-14)15(6-11-19)18-9-7-16-8-10-18/h2-5,15-16,19H,6-11H2,1H3,(H,17,20)/t15-/m1/s1. The third-order valence-corrected chi connectivity index (χ3v) is 3.61. The van der Waals surface area contributed by atoms with E-state index in [2.05, 4.69) is 15.5 Å². The summed E-state index contributed by atoms with van der Waals surface area (Å²) in [5.74, 6) is -0.0632. The normalized spacial score (nSPS) is 17.7. The molecule has 0 radical (unpaired) electrons. The fourth-order valence-electron chi connectivity index (χ4n) is 2.67. The molecule has 1 heterocycles. The minimum atomic E-state index is -0.0632. The number of anilines is 1. The van der Waals surface area contributed by atoms with E-state index in [1.165, 1.54) is 12.5 Å². The van der Waals surface area contributed by atoms with Crippen LogP contribution in [0.15, 0.2) is 24.3 Å². The number of aliphatic hydroxyl groups is 1. The van der Waals surface area contributed by atoms with Crippen molar-refractivity contribution in [2.24, 2.45) is 0 Å². The molecule has 20 heavy (non-hydrogen) atoms. The molecule has 1 aliphatic rings. The highest BCUT2D eigenvalue weighted by atomic mass is 16.3. The molecule has 1 aromatic rings. The summed E-state index contributed by atoms with van der Waals surface area (Å²) in [7, 11) is 0. The largest absolute Gasteiger partial charge is 0.396 e. The summed E-state index contributed by atoms with van der Waals surface area (Å²) in [6.07, 6.45) is 0.736. The Morgan fingerprint density at radius 3 is 2.55 bits per heavy atom. The van der Waals surface area contributed by atoms with Gasteiger partial charge in [-0.05, 0) is 24.1 Å². The molecule has 0 spiro atoms. The molecule has 1 aliphatic heterocycles. The quantitative estimate of drug-likeness (QED) is 0.750. The number of nitrogens with zero attached hydrogens (tertiary/aromatic N) is 1. The van der Waals surface area contributed by atoms with Crippen LogP contribution in [-0.4, -0.2) is 48.7 Å². The zero-order valence-corrected chi connectivity index (χ0v) is 11.9. The average molecular weight is 277 g/mol. The number of hydrogen-bond donors (Lipinski definition) is 3. The summed E-state index contributed by atoms with van der Waals surface area (Å²) in [6, 6.07) is 8.15. The van der Waals surface area contributed by atoms with Gasteiger partial charge in [0.2, 0.25) is 5.91 Å². The average Bonchev–Trinajstić information content (AvgIpc) is 2.46. The number of aliphatic hydroxyl groups excluding tert-OH is 1. The van der Waals surface area contributed by atoms with Crippen molar-refractivity contribution in [3.8, 4) is 0 Å². The second-order valence-electron chi connectivity index (χ2n) is 5.12. The maximum Gasteiger partial charge on any atom is 0.221 e. The van der Waals surface area contributed by atoms with E-state index >= 15 is 0 Å². The second kappa shape index (κ2) is 7.38. The molecule has 0 saturated carbocycles. The zero-order chi connectivity index (χ0) is 14.4. The van der Waals surface area contributed by atoms with Crippen molar-refractivity contribution < 1.29 is 9.90 Å². The van der Waals surface area contributed by atoms with E-state index in [0.717, 1.165) is 38.3 Å². The van der Waals surface area contributed by atoms with Crippen molar-refractivity contribution in [1.82, 2.24) is 10.2 Å². The number of nitrogens with one attached hydrogen (secondary N) is 2. The van der Waals surface area contributed by atoms with Crippen LogP contribution in [0.3, 0.4) is 0 Å². The molecular weight excluding hydrogens is 254 g/mol. The maximum atomic E-state index is 11.0. The summed E-state index contributed by atoms with van der Waals surface area (Å²) >= 11 is 0.